The van der Waals surface area contributed by atoms with Crippen LogP contribution in [0.3, 0.4) is 0 Å². The van der Waals surface area contributed by atoms with E-state index in [1.165, 1.54) is 0 Å². The quantitative estimate of drug-likeness (QED) is 0.450. The average molecular weight is 397 g/mol. The van der Waals surface area contributed by atoms with Crippen LogP contribution in [0.2, 0.25) is 5.02 Å². The molecule has 0 fully saturated rings. The molecule has 12 heteroatoms. The van der Waals surface area contributed by atoms with E-state index < -0.39 is 46.8 Å². The molecule has 2 aromatic rings. The Morgan fingerprint density at radius 2 is 1.88 bits per heavy atom. The van der Waals surface area contributed by atoms with Crippen LogP contribution in [0.5, 0.6) is 11.8 Å². The molecule has 0 amide bonds. The number of alkyl halides is 3. The van der Waals surface area contributed by atoms with E-state index in [1.807, 2.05) is 0 Å². The second-order valence-corrected chi connectivity index (χ2v) is 5.00. The minimum atomic E-state index is -4.91. The van der Waals surface area contributed by atoms with Gasteiger partial charge in [0.15, 0.2) is 11.4 Å². The van der Waals surface area contributed by atoms with E-state index >= 15 is 0 Å². The van der Waals surface area contributed by atoms with Gasteiger partial charge in [-0.3, -0.25) is 4.79 Å². The van der Waals surface area contributed by atoms with Gasteiger partial charge in [-0.2, -0.15) is 18.2 Å². The lowest BCUT2D eigenvalue weighted by molar-refractivity contribution is -0.141. The number of benzene rings is 1. The summed E-state index contributed by atoms with van der Waals surface area (Å²) >= 11 is 5.73. The standard InChI is InChI=1S/C14H9ClF4N2O5/c1-24-12-20-10(14(17,18)19)5-11(22)21(12)8-4-9(26-13(23)25-2)6(15)3-7(8)16/h3-5H,1-2H3. The maximum atomic E-state index is 14.2. The number of rotatable bonds is 3. The number of carbonyl (C=O) groups is 1. The number of hydrogen-bond donors (Lipinski definition) is 0. The van der Waals surface area contributed by atoms with Gasteiger partial charge >= 0.3 is 18.3 Å². The summed E-state index contributed by atoms with van der Waals surface area (Å²) in [7, 11) is 1.95. The molecule has 2 rings (SSSR count). The summed E-state index contributed by atoms with van der Waals surface area (Å²) in [6.07, 6.45) is -6.10. The molecule has 0 aliphatic carbocycles. The Hall–Kier alpha value is -2.82. The van der Waals surface area contributed by atoms with E-state index in [0.29, 0.717) is 10.6 Å². The fraction of sp³-hybridized carbons (Fsp3) is 0.214. The van der Waals surface area contributed by atoms with Gasteiger partial charge in [-0.25, -0.2) is 13.8 Å². The van der Waals surface area contributed by atoms with Gasteiger partial charge in [0.25, 0.3) is 5.56 Å². The highest BCUT2D eigenvalue weighted by molar-refractivity contribution is 6.32. The maximum absolute atomic E-state index is 14.2. The number of nitrogens with zero attached hydrogens (tertiary/aromatic N) is 2. The second-order valence-electron chi connectivity index (χ2n) is 4.59. The van der Waals surface area contributed by atoms with Crippen molar-refractivity contribution in [2.24, 2.45) is 0 Å². The summed E-state index contributed by atoms with van der Waals surface area (Å²) in [6, 6.07) is 0.832. The molecule has 0 N–H and O–H groups in total. The Bertz CT molecular complexity index is 913. The largest absolute Gasteiger partial charge is 0.513 e. The summed E-state index contributed by atoms with van der Waals surface area (Å²) in [5.41, 5.74) is -3.40. The summed E-state index contributed by atoms with van der Waals surface area (Å²) in [5, 5.41) is -0.344. The molecular weight excluding hydrogens is 388 g/mol. The molecular formula is C14H9ClF4N2O5. The van der Waals surface area contributed by atoms with Crippen LogP contribution in [-0.2, 0) is 10.9 Å². The van der Waals surface area contributed by atoms with Crippen LogP contribution in [0.25, 0.3) is 5.69 Å². The second kappa shape index (κ2) is 7.20. The van der Waals surface area contributed by atoms with Gasteiger partial charge in [-0.05, 0) is 6.07 Å². The van der Waals surface area contributed by atoms with E-state index in [1.54, 1.807) is 0 Å². The van der Waals surface area contributed by atoms with Crippen molar-refractivity contribution in [1.29, 1.82) is 0 Å². The Morgan fingerprint density at radius 3 is 2.42 bits per heavy atom. The number of halogens is 5. The van der Waals surface area contributed by atoms with E-state index in [9.17, 15) is 27.2 Å². The lowest BCUT2D eigenvalue weighted by Crippen LogP contribution is -2.25. The monoisotopic (exact) mass is 396 g/mol. The minimum absolute atomic E-state index is 0.164. The number of methoxy groups -OCH3 is 2. The molecule has 0 radical (unpaired) electrons. The SMILES string of the molecule is COC(=O)Oc1cc(-n2c(OC)nc(C(F)(F)F)cc2=O)c(F)cc1Cl. The van der Waals surface area contributed by atoms with Crippen molar-refractivity contribution < 1.29 is 36.6 Å². The van der Waals surface area contributed by atoms with Crippen molar-refractivity contribution in [3.05, 3.63) is 45.1 Å². The summed E-state index contributed by atoms with van der Waals surface area (Å²) < 4.78 is 66.6. The van der Waals surface area contributed by atoms with Gasteiger partial charge in [0, 0.05) is 12.1 Å². The van der Waals surface area contributed by atoms with Gasteiger partial charge in [-0.1, -0.05) is 11.6 Å². The normalized spacial score (nSPS) is 11.2. The molecule has 0 saturated heterocycles. The van der Waals surface area contributed by atoms with Gasteiger partial charge in [-0.15, -0.1) is 0 Å². The van der Waals surface area contributed by atoms with Crippen LogP contribution in [0.1, 0.15) is 5.69 Å². The van der Waals surface area contributed by atoms with E-state index in [0.717, 1.165) is 20.3 Å². The summed E-state index contributed by atoms with van der Waals surface area (Å²) in [4.78, 5) is 26.4. The molecule has 0 saturated carbocycles. The van der Waals surface area contributed by atoms with Gasteiger partial charge in [0.05, 0.1) is 24.9 Å². The molecule has 26 heavy (non-hydrogen) atoms. The first-order valence-electron chi connectivity index (χ1n) is 6.59. The summed E-state index contributed by atoms with van der Waals surface area (Å²) in [6.45, 7) is 0. The smallest absolute Gasteiger partial charge is 0.468 e. The average Bonchev–Trinajstić information content (AvgIpc) is 2.56. The first-order chi connectivity index (χ1) is 12.1. The molecule has 0 atom stereocenters. The van der Waals surface area contributed by atoms with Gasteiger partial charge < -0.3 is 14.2 Å². The van der Waals surface area contributed by atoms with E-state index in [4.69, 9.17) is 11.6 Å². The van der Waals surface area contributed by atoms with E-state index in [-0.39, 0.29) is 11.1 Å². The topological polar surface area (TPSA) is 79.7 Å². The van der Waals surface area contributed by atoms with Crippen molar-refractivity contribution in [2.75, 3.05) is 14.2 Å². The minimum Gasteiger partial charge on any atom is -0.468 e. The molecule has 0 spiro atoms. The van der Waals surface area contributed by atoms with Gasteiger partial charge in [0.1, 0.15) is 5.82 Å². The molecule has 0 bridgehead atoms. The van der Waals surface area contributed by atoms with E-state index in [2.05, 4.69) is 19.2 Å². The highest BCUT2D eigenvalue weighted by Crippen LogP contribution is 2.32. The molecule has 1 aromatic carbocycles. The predicted octanol–water partition coefficient (Wildman–Crippen LogP) is 3.20. The Kier molecular flexibility index (Phi) is 5.40. The Morgan fingerprint density at radius 1 is 1.23 bits per heavy atom. The predicted molar refractivity (Wildman–Crippen MR) is 79.4 cm³/mol. The fourth-order valence-corrected chi connectivity index (χ4v) is 2.05. The molecule has 1 heterocycles. The lowest BCUT2D eigenvalue weighted by atomic mass is 10.2. The molecule has 7 nitrogen and oxygen atoms in total. The summed E-state index contributed by atoms with van der Waals surface area (Å²) in [5.74, 6) is -1.50. The van der Waals surface area contributed by atoms with Crippen LogP contribution >= 0.6 is 11.6 Å². The number of ether oxygens (including phenoxy) is 3. The zero-order valence-electron chi connectivity index (χ0n) is 13.1. The highest BCUT2D eigenvalue weighted by Gasteiger charge is 2.35. The Labute approximate surface area is 147 Å². The molecule has 1 aromatic heterocycles. The number of hydrogen-bond acceptors (Lipinski definition) is 6. The third-order valence-corrected chi connectivity index (χ3v) is 3.26. The zero-order chi connectivity index (χ0) is 19.6. The molecule has 0 aliphatic heterocycles. The van der Waals surface area contributed by atoms with Crippen LogP contribution in [0.4, 0.5) is 22.4 Å². The highest BCUT2D eigenvalue weighted by atomic mass is 35.5. The van der Waals surface area contributed by atoms with Crippen molar-refractivity contribution in [3.63, 3.8) is 0 Å². The zero-order valence-corrected chi connectivity index (χ0v) is 13.8. The van der Waals surface area contributed by atoms with Crippen LogP contribution in [-0.4, -0.2) is 29.9 Å². The Balaban J connectivity index is 2.70. The number of carbonyl (C=O) groups excluding carboxylic acids is 1. The molecule has 140 valence electrons. The van der Waals surface area contributed by atoms with Crippen molar-refractivity contribution in [3.8, 4) is 17.4 Å². The van der Waals surface area contributed by atoms with Gasteiger partial charge in [0.2, 0.25) is 0 Å². The third-order valence-electron chi connectivity index (χ3n) is 2.96. The van der Waals surface area contributed by atoms with Crippen LogP contribution < -0.4 is 15.0 Å². The lowest BCUT2D eigenvalue weighted by Gasteiger charge is -2.15. The van der Waals surface area contributed by atoms with Crippen LogP contribution in [0, 0.1) is 5.82 Å². The van der Waals surface area contributed by atoms with Crippen molar-refractivity contribution in [2.45, 2.75) is 6.18 Å². The molecule has 0 unspecified atom stereocenters. The number of aromatic nitrogens is 2. The molecule has 0 aliphatic rings. The maximum Gasteiger partial charge on any atom is 0.513 e. The van der Waals surface area contributed by atoms with Crippen molar-refractivity contribution >= 4 is 17.8 Å². The van der Waals surface area contributed by atoms with Crippen LogP contribution in [0.15, 0.2) is 23.0 Å². The fourth-order valence-electron chi connectivity index (χ4n) is 1.86. The first-order valence-corrected chi connectivity index (χ1v) is 6.96. The third kappa shape index (κ3) is 3.87. The first kappa shape index (κ1) is 19.5. The van der Waals surface area contributed by atoms with Crippen molar-refractivity contribution in [1.82, 2.24) is 9.55 Å².